The van der Waals surface area contributed by atoms with E-state index in [0.29, 0.717) is 33.6 Å². The number of carboxylic acid groups (broad SMARTS) is 1. The second kappa shape index (κ2) is 8.88. The number of hydrogen-bond donors (Lipinski definition) is 1. The minimum absolute atomic E-state index is 0.164. The van der Waals surface area contributed by atoms with Gasteiger partial charge in [-0.2, -0.15) is 0 Å². The van der Waals surface area contributed by atoms with Crippen LogP contribution in [-0.2, 0) is 9.59 Å². The van der Waals surface area contributed by atoms with Gasteiger partial charge in [0.15, 0.2) is 0 Å². The van der Waals surface area contributed by atoms with Crippen molar-refractivity contribution in [2.24, 2.45) is 5.92 Å². The van der Waals surface area contributed by atoms with Gasteiger partial charge in [0.25, 0.3) is 5.91 Å². The standard InChI is InChI=1S/C23H23NO5S2/c1-13-10-16(28-2)6-8-18(13)19-9-7-17(29-19)12-20-21(25)24(23(30)31-20)15-5-3-4-14(11-15)22(26)27/h6-10,12,14-15H,3-5,11H2,1-2H3,(H,26,27). The van der Waals surface area contributed by atoms with Gasteiger partial charge in [-0.3, -0.25) is 14.5 Å². The van der Waals surface area contributed by atoms with Gasteiger partial charge in [-0.15, -0.1) is 0 Å². The van der Waals surface area contributed by atoms with Crippen LogP contribution in [0.5, 0.6) is 5.75 Å². The predicted octanol–water partition coefficient (Wildman–Crippen LogP) is 5.11. The molecule has 0 bridgehead atoms. The number of rotatable bonds is 5. The summed E-state index contributed by atoms with van der Waals surface area (Å²) in [5.41, 5.74) is 1.98. The van der Waals surface area contributed by atoms with E-state index in [9.17, 15) is 14.7 Å². The lowest BCUT2D eigenvalue weighted by Gasteiger charge is -2.32. The summed E-state index contributed by atoms with van der Waals surface area (Å²) in [5, 5.41) is 9.35. The van der Waals surface area contributed by atoms with Crippen molar-refractivity contribution in [3.63, 3.8) is 0 Å². The van der Waals surface area contributed by atoms with Gasteiger partial charge in [-0.05, 0) is 62.1 Å². The van der Waals surface area contributed by atoms with E-state index in [1.807, 2.05) is 37.3 Å². The molecular formula is C23H23NO5S2. The molecule has 1 amide bonds. The quantitative estimate of drug-likeness (QED) is 0.494. The fourth-order valence-corrected chi connectivity index (χ4v) is 5.54. The molecule has 2 aliphatic rings. The first-order valence-electron chi connectivity index (χ1n) is 10.1. The topological polar surface area (TPSA) is 80.0 Å². The number of furan rings is 1. The molecule has 2 aromatic rings. The highest BCUT2D eigenvalue weighted by Crippen LogP contribution is 2.39. The molecule has 1 aromatic carbocycles. The Bertz CT molecular complexity index is 1070. The van der Waals surface area contributed by atoms with E-state index < -0.39 is 11.9 Å². The predicted molar refractivity (Wildman–Crippen MR) is 124 cm³/mol. The number of methoxy groups -OCH3 is 1. The van der Waals surface area contributed by atoms with Crippen LogP contribution in [0, 0.1) is 12.8 Å². The molecule has 0 spiro atoms. The van der Waals surface area contributed by atoms with E-state index >= 15 is 0 Å². The van der Waals surface area contributed by atoms with Gasteiger partial charge in [0.1, 0.15) is 21.6 Å². The van der Waals surface area contributed by atoms with Crippen molar-refractivity contribution in [1.29, 1.82) is 0 Å². The minimum atomic E-state index is -0.803. The number of aliphatic carboxylic acids is 1. The highest BCUT2D eigenvalue weighted by molar-refractivity contribution is 8.26. The van der Waals surface area contributed by atoms with Gasteiger partial charge in [-0.1, -0.05) is 30.4 Å². The van der Waals surface area contributed by atoms with Crippen molar-refractivity contribution < 1.29 is 23.8 Å². The molecule has 162 valence electrons. The number of ether oxygens (including phenoxy) is 1. The highest BCUT2D eigenvalue weighted by Gasteiger charge is 2.40. The molecule has 4 rings (SSSR count). The van der Waals surface area contributed by atoms with Crippen molar-refractivity contribution >= 4 is 46.3 Å². The number of carbonyl (C=O) groups excluding carboxylic acids is 1. The van der Waals surface area contributed by atoms with Crippen molar-refractivity contribution in [3.05, 3.63) is 46.6 Å². The van der Waals surface area contributed by atoms with E-state index in [2.05, 4.69) is 0 Å². The van der Waals surface area contributed by atoms with Crippen LogP contribution >= 0.6 is 24.0 Å². The Balaban J connectivity index is 1.53. The van der Waals surface area contributed by atoms with Crippen LogP contribution < -0.4 is 4.74 Å². The SMILES string of the molecule is COc1ccc(-c2ccc(C=C3SC(=S)N(C4CCCC(C(=O)O)C4)C3=O)o2)c(C)c1. The van der Waals surface area contributed by atoms with Gasteiger partial charge in [0.05, 0.1) is 17.9 Å². The van der Waals surface area contributed by atoms with Gasteiger partial charge >= 0.3 is 5.97 Å². The summed E-state index contributed by atoms with van der Waals surface area (Å²) in [5.74, 6) is 0.653. The maximum Gasteiger partial charge on any atom is 0.306 e. The number of thiocarbonyl (C=S) groups is 1. The largest absolute Gasteiger partial charge is 0.497 e. The number of thioether (sulfide) groups is 1. The Morgan fingerprint density at radius 1 is 1.32 bits per heavy atom. The lowest BCUT2D eigenvalue weighted by molar-refractivity contribution is -0.144. The second-order valence-corrected chi connectivity index (χ2v) is 9.47. The molecule has 8 heteroatoms. The molecular weight excluding hydrogens is 434 g/mol. The third-order valence-corrected chi connectivity index (χ3v) is 7.11. The molecule has 2 atom stereocenters. The van der Waals surface area contributed by atoms with Gasteiger partial charge < -0.3 is 14.3 Å². The lowest BCUT2D eigenvalue weighted by atomic mass is 9.85. The van der Waals surface area contributed by atoms with Gasteiger partial charge in [0, 0.05) is 17.7 Å². The van der Waals surface area contributed by atoms with Crippen LogP contribution in [0.25, 0.3) is 17.4 Å². The molecule has 2 fully saturated rings. The summed E-state index contributed by atoms with van der Waals surface area (Å²) in [6, 6.07) is 9.30. The molecule has 1 aromatic heterocycles. The van der Waals surface area contributed by atoms with Crippen LogP contribution in [0.15, 0.2) is 39.7 Å². The summed E-state index contributed by atoms with van der Waals surface area (Å²) in [6.45, 7) is 1.99. The van der Waals surface area contributed by atoms with Crippen molar-refractivity contribution in [1.82, 2.24) is 4.90 Å². The first-order chi connectivity index (χ1) is 14.9. The second-order valence-electron chi connectivity index (χ2n) is 7.79. The fraction of sp³-hybridized carbons (Fsp3) is 0.348. The first-order valence-corrected chi connectivity index (χ1v) is 11.3. The fourth-order valence-electron chi connectivity index (χ4n) is 4.16. The van der Waals surface area contributed by atoms with E-state index in [1.165, 1.54) is 11.8 Å². The normalized spacial score (nSPS) is 22.9. The summed E-state index contributed by atoms with van der Waals surface area (Å²) in [4.78, 5) is 26.5. The summed E-state index contributed by atoms with van der Waals surface area (Å²) in [7, 11) is 1.63. The summed E-state index contributed by atoms with van der Waals surface area (Å²) in [6.07, 6.45) is 4.35. The Labute approximate surface area is 190 Å². The zero-order valence-corrected chi connectivity index (χ0v) is 18.9. The molecule has 0 radical (unpaired) electrons. The maximum absolute atomic E-state index is 13.0. The average Bonchev–Trinajstić information content (AvgIpc) is 3.32. The number of amides is 1. The molecule has 6 nitrogen and oxygen atoms in total. The number of aryl methyl sites for hydroxylation is 1. The Morgan fingerprint density at radius 2 is 2.13 bits per heavy atom. The van der Waals surface area contributed by atoms with Crippen LogP contribution in [0.1, 0.15) is 37.0 Å². The van der Waals surface area contributed by atoms with Crippen LogP contribution in [0.2, 0.25) is 0 Å². The number of carboxylic acids is 1. The van der Waals surface area contributed by atoms with Crippen LogP contribution in [-0.4, -0.2) is 39.4 Å². The minimum Gasteiger partial charge on any atom is -0.497 e. The van der Waals surface area contributed by atoms with Crippen molar-refractivity contribution in [3.8, 4) is 17.1 Å². The smallest absolute Gasteiger partial charge is 0.306 e. The number of benzene rings is 1. The first kappa shape index (κ1) is 21.6. The van der Waals surface area contributed by atoms with E-state index in [1.54, 1.807) is 18.1 Å². The average molecular weight is 458 g/mol. The third-order valence-electron chi connectivity index (χ3n) is 5.78. The van der Waals surface area contributed by atoms with Crippen molar-refractivity contribution in [2.75, 3.05) is 7.11 Å². The van der Waals surface area contributed by atoms with E-state index in [0.717, 1.165) is 29.7 Å². The zero-order valence-electron chi connectivity index (χ0n) is 17.3. The number of hydrogen-bond acceptors (Lipinski definition) is 6. The van der Waals surface area contributed by atoms with Gasteiger partial charge in [-0.25, -0.2) is 0 Å². The number of nitrogens with zero attached hydrogens (tertiary/aromatic N) is 1. The Morgan fingerprint density at radius 3 is 2.84 bits per heavy atom. The molecule has 1 aliphatic carbocycles. The molecule has 2 unspecified atom stereocenters. The molecule has 31 heavy (non-hydrogen) atoms. The van der Waals surface area contributed by atoms with E-state index in [-0.39, 0.29) is 11.9 Å². The highest BCUT2D eigenvalue weighted by atomic mass is 32.2. The molecule has 1 saturated heterocycles. The Hall–Kier alpha value is -2.58. The van der Waals surface area contributed by atoms with Gasteiger partial charge in [0.2, 0.25) is 0 Å². The summed E-state index contributed by atoms with van der Waals surface area (Å²) < 4.78 is 11.7. The third kappa shape index (κ3) is 4.41. The van der Waals surface area contributed by atoms with Crippen LogP contribution in [0.4, 0.5) is 0 Å². The monoisotopic (exact) mass is 457 g/mol. The summed E-state index contributed by atoms with van der Waals surface area (Å²) >= 11 is 6.69. The lowest BCUT2D eigenvalue weighted by Crippen LogP contribution is -2.42. The molecule has 1 N–H and O–H groups in total. The number of carbonyl (C=O) groups is 2. The maximum atomic E-state index is 13.0. The van der Waals surface area contributed by atoms with Crippen molar-refractivity contribution in [2.45, 2.75) is 38.6 Å². The Kier molecular flexibility index (Phi) is 6.20. The molecule has 1 saturated carbocycles. The van der Waals surface area contributed by atoms with Crippen LogP contribution in [0.3, 0.4) is 0 Å². The van der Waals surface area contributed by atoms with E-state index in [4.69, 9.17) is 21.4 Å². The molecule has 1 aliphatic heterocycles. The zero-order chi connectivity index (χ0) is 22.1. The molecule has 2 heterocycles.